The van der Waals surface area contributed by atoms with Gasteiger partial charge in [0.05, 0.1) is 34.3 Å². The van der Waals surface area contributed by atoms with Crippen LogP contribution in [-0.4, -0.2) is 60.1 Å². The number of hydrogen-bond acceptors (Lipinski definition) is 4. The van der Waals surface area contributed by atoms with Crippen molar-refractivity contribution in [1.82, 2.24) is 9.80 Å². The number of nitrogens with zero attached hydrogens (tertiary/aromatic N) is 2. The van der Waals surface area contributed by atoms with E-state index < -0.39 is 80.4 Å². The molecule has 0 aromatic heterocycles. The maximum Gasteiger partial charge on any atom is 0.416 e. The number of rotatable bonds is 6. The fourth-order valence-electron chi connectivity index (χ4n) is 4.94. The third-order valence-electron chi connectivity index (χ3n) is 6.77. The number of halogens is 7. The predicted molar refractivity (Wildman–Crippen MR) is 132 cm³/mol. The summed E-state index contributed by atoms with van der Waals surface area (Å²) in [4.78, 5) is 15.7. The standard InChI is InChI=1S/C26H29F7N2O4S/c1-15-8-20(27)4-5-22(15)23-12-21(40(38,39)14-16(2)36)6-7-35(23)24(37)34(3)13-17-9-18(25(28,29)30)11-19(10-17)26(31,32)33/h4-5,8-11,16,21,23,36H,6-7,12-14H2,1-3H3/t16-,21-,23+/m0/s1. The van der Waals surface area contributed by atoms with Crippen LogP contribution in [0.25, 0.3) is 0 Å². The zero-order valence-corrected chi connectivity index (χ0v) is 22.7. The van der Waals surface area contributed by atoms with Crippen molar-refractivity contribution in [3.05, 3.63) is 70.0 Å². The van der Waals surface area contributed by atoms with E-state index in [9.17, 15) is 49.1 Å². The minimum atomic E-state index is -5.05. The van der Waals surface area contributed by atoms with Crippen LogP contribution in [0.1, 0.15) is 53.6 Å². The van der Waals surface area contributed by atoms with E-state index in [2.05, 4.69) is 0 Å². The number of aliphatic hydroxyl groups excluding tert-OH is 1. The second kappa shape index (κ2) is 11.6. The highest BCUT2D eigenvalue weighted by atomic mass is 32.2. The zero-order valence-electron chi connectivity index (χ0n) is 21.9. The topological polar surface area (TPSA) is 77.9 Å². The Morgan fingerprint density at radius 1 is 1.07 bits per heavy atom. The largest absolute Gasteiger partial charge is 0.416 e. The van der Waals surface area contributed by atoms with Crippen molar-refractivity contribution < 1.29 is 49.1 Å². The summed E-state index contributed by atoms with van der Waals surface area (Å²) >= 11 is 0. The van der Waals surface area contributed by atoms with Crippen LogP contribution in [0, 0.1) is 12.7 Å². The average molecular weight is 599 g/mol. The Morgan fingerprint density at radius 2 is 1.65 bits per heavy atom. The smallest absolute Gasteiger partial charge is 0.392 e. The molecule has 2 amide bonds. The predicted octanol–water partition coefficient (Wildman–Crippen LogP) is 5.72. The van der Waals surface area contributed by atoms with Gasteiger partial charge in [0.1, 0.15) is 5.82 Å². The molecule has 6 nitrogen and oxygen atoms in total. The molecule has 3 atom stereocenters. The molecule has 0 radical (unpaired) electrons. The van der Waals surface area contributed by atoms with Gasteiger partial charge in [0.25, 0.3) is 0 Å². The molecular weight excluding hydrogens is 569 g/mol. The fourth-order valence-corrected chi connectivity index (χ4v) is 6.82. The third kappa shape index (κ3) is 7.45. The van der Waals surface area contributed by atoms with Gasteiger partial charge in [-0.1, -0.05) is 6.07 Å². The van der Waals surface area contributed by atoms with Gasteiger partial charge in [0, 0.05) is 20.1 Å². The van der Waals surface area contributed by atoms with Crippen molar-refractivity contribution in [2.24, 2.45) is 0 Å². The van der Waals surface area contributed by atoms with E-state index in [0.29, 0.717) is 23.3 Å². The van der Waals surface area contributed by atoms with Crippen LogP contribution in [0.15, 0.2) is 36.4 Å². The van der Waals surface area contributed by atoms with E-state index >= 15 is 0 Å². The Kier molecular flexibility index (Phi) is 9.14. The SMILES string of the molecule is Cc1cc(F)ccc1[C@H]1C[C@@H](S(=O)(=O)C[C@H](C)O)CCN1C(=O)N(C)Cc1cc(C(F)(F)F)cc(C(F)(F)F)c1. The molecular formula is C26H29F7N2O4S. The molecule has 1 fully saturated rings. The van der Waals surface area contributed by atoms with Gasteiger partial charge < -0.3 is 14.9 Å². The highest BCUT2D eigenvalue weighted by molar-refractivity contribution is 7.92. The maximum atomic E-state index is 13.8. The number of piperidine rings is 1. The van der Waals surface area contributed by atoms with Crippen molar-refractivity contribution in [1.29, 1.82) is 0 Å². The van der Waals surface area contributed by atoms with E-state index in [4.69, 9.17) is 0 Å². The highest BCUT2D eigenvalue weighted by Gasteiger charge is 2.41. The first-order valence-electron chi connectivity index (χ1n) is 12.3. The number of aliphatic hydroxyl groups is 1. The van der Waals surface area contributed by atoms with Crippen LogP contribution >= 0.6 is 0 Å². The normalized spacial score (nSPS) is 19.4. The first-order chi connectivity index (χ1) is 18.3. The van der Waals surface area contributed by atoms with E-state index in [-0.39, 0.29) is 25.5 Å². The number of hydrogen-bond donors (Lipinski definition) is 1. The molecule has 1 aliphatic rings. The lowest BCUT2D eigenvalue weighted by molar-refractivity contribution is -0.143. The van der Waals surface area contributed by atoms with Crippen molar-refractivity contribution >= 4 is 15.9 Å². The van der Waals surface area contributed by atoms with Gasteiger partial charge in [-0.25, -0.2) is 17.6 Å². The lowest BCUT2D eigenvalue weighted by atomic mass is 9.92. The maximum absolute atomic E-state index is 13.8. The second-order valence-corrected chi connectivity index (χ2v) is 12.4. The molecule has 222 valence electrons. The van der Waals surface area contributed by atoms with Gasteiger partial charge >= 0.3 is 18.4 Å². The fraction of sp³-hybridized carbons (Fsp3) is 0.500. The molecule has 40 heavy (non-hydrogen) atoms. The molecule has 0 spiro atoms. The zero-order chi connectivity index (χ0) is 30.2. The minimum absolute atomic E-state index is 0.00286. The van der Waals surface area contributed by atoms with Crippen LogP contribution in [0.2, 0.25) is 0 Å². The summed E-state index contributed by atoms with van der Waals surface area (Å²) in [6.45, 7) is 2.19. The summed E-state index contributed by atoms with van der Waals surface area (Å²) in [6, 6.07) is 3.18. The third-order valence-corrected chi connectivity index (χ3v) is 9.16. The second-order valence-electron chi connectivity index (χ2n) is 10.1. The van der Waals surface area contributed by atoms with Crippen molar-refractivity contribution in [2.75, 3.05) is 19.3 Å². The summed E-state index contributed by atoms with van der Waals surface area (Å²) in [7, 11) is -2.58. The quantitative estimate of drug-likeness (QED) is 0.432. The van der Waals surface area contributed by atoms with E-state index in [1.807, 2.05) is 0 Å². The summed E-state index contributed by atoms with van der Waals surface area (Å²) in [6.07, 6.45) is -11.3. The van der Waals surface area contributed by atoms with E-state index in [1.54, 1.807) is 6.92 Å². The molecule has 1 saturated heterocycles. The van der Waals surface area contributed by atoms with E-state index in [0.717, 1.165) is 11.0 Å². The number of carbonyl (C=O) groups is 1. The number of aryl methyl sites for hydroxylation is 1. The lowest BCUT2D eigenvalue weighted by Crippen LogP contribution is -2.49. The molecule has 1 heterocycles. The average Bonchev–Trinajstić information content (AvgIpc) is 2.81. The summed E-state index contributed by atoms with van der Waals surface area (Å²) in [5, 5.41) is 8.70. The van der Waals surface area contributed by atoms with Crippen LogP contribution in [-0.2, 0) is 28.7 Å². The number of urea groups is 1. The Morgan fingerprint density at radius 3 is 2.15 bits per heavy atom. The molecule has 0 bridgehead atoms. The number of benzene rings is 2. The molecule has 14 heteroatoms. The Labute approximate surface area is 227 Å². The first-order valence-corrected chi connectivity index (χ1v) is 14.0. The molecule has 2 aromatic carbocycles. The minimum Gasteiger partial charge on any atom is -0.392 e. The van der Waals surface area contributed by atoms with Crippen LogP contribution in [0.4, 0.5) is 35.5 Å². The Balaban J connectivity index is 1.95. The molecule has 0 unspecified atom stereocenters. The Hall–Kier alpha value is -2.87. The van der Waals surface area contributed by atoms with Gasteiger partial charge in [0.2, 0.25) is 0 Å². The summed E-state index contributed by atoms with van der Waals surface area (Å²) in [5.74, 6) is -1.06. The van der Waals surface area contributed by atoms with E-state index in [1.165, 1.54) is 31.0 Å². The van der Waals surface area contributed by atoms with Crippen molar-refractivity contribution in [3.8, 4) is 0 Å². The molecule has 1 aliphatic heterocycles. The van der Waals surface area contributed by atoms with Crippen LogP contribution in [0.5, 0.6) is 0 Å². The number of likely N-dealkylation sites (tertiary alicyclic amines) is 1. The summed E-state index contributed by atoms with van der Waals surface area (Å²) in [5.41, 5.74) is -2.56. The molecule has 1 N–H and O–H groups in total. The van der Waals surface area contributed by atoms with Crippen molar-refractivity contribution in [2.45, 2.75) is 63.0 Å². The van der Waals surface area contributed by atoms with Crippen LogP contribution < -0.4 is 0 Å². The first kappa shape index (κ1) is 31.7. The Bertz CT molecular complexity index is 1310. The number of carbonyl (C=O) groups excluding carboxylic acids is 1. The molecule has 3 rings (SSSR count). The number of amides is 2. The number of alkyl halides is 6. The molecule has 2 aromatic rings. The lowest BCUT2D eigenvalue weighted by Gasteiger charge is -2.41. The summed E-state index contributed by atoms with van der Waals surface area (Å²) < 4.78 is 119. The van der Waals surface area contributed by atoms with Gasteiger partial charge in [-0.15, -0.1) is 0 Å². The van der Waals surface area contributed by atoms with Crippen molar-refractivity contribution in [3.63, 3.8) is 0 Å². The molecule has 0 saturated carbocycles. The van der Waals surface area contributed by atoms with Gasteiger partial charge in [-0.3, -0.25) is 0 Å². The monoisotopic (exact) mass is 598 g/mol. The highest BCUT2D eigenvalue weighted by Crippen LogP contribution is 2.38. The van der Waals surface area contributed by atoms with Gasteiger partial charge in [-0.2, -0.15) is 26.3 Å². The van der Waals surface area contributed by atoms with Crippen LogP contribution in [0.3, 0.4) is 0 Å². The molecule has 0 aliphatic carbocycles. The van der Waals surface area contributed by atoms with Gasteiger partial charge in [0.15, 0.2) is 9.84 Å². The van der Waals surface area contributed by atoms with Gasteiger partial charge in [-0.05, 0) is 73.7 Å². The number of sulfone groups is 1.